The zero-order valence-corrected chi connectivity index (χ0v) is 14.5. The van der Waals surface area contributed by atoms with Crippen molar-refractivity contribution in [1.82, 2.24) is 9.13 Å². The average Bonchev–Trinajstić information content (AvgIpc) is 2.47. The van der Waals surface area contributed by atoms with Gasteiger partial charge in [0, 0.05) is 24.4 Å². The number of nitrogens with zero attached hydrogens (tertiary/aromatic N) is 3. The van der Waals surface area contributed by atoms with Crippen LogP contribution in [0.2, 0.25) is 0 Å². The topological polar surface area (TPSA) is 117 Å². The molecule has 0 aliphatic rings. The van der Waals surface area contributed by atoms with Crippen LogP contribution in [0.4, 0.5) is 5.69 Å². The van der Waals surface area contributed by atoms with Crippen molar-refractivity contribution in [2.75, 3.05) is 0 Å². The number of phenols is 2. The van der Waals surface area contributed by atoms with E-state index in [0.717, 1.165) is 21.4 Å². The summed E-state index contributed by atoms with van der Waals surface area (Å²) < 4.78 is 2.15. The van der Waals surface area contributed by atoms with Crippen molar-refractivity contribution in [2.24, 2.45) is 4.99 Å². The van der Waals surface area contributed by atoms with Gasteiger partial charge in [0.05, 0.1) is 0 Å². The van der Waals surface area contributed by atoms with E-state index in [9.17, 15) is 24.9 Å². The van der Waals surface area contributed by atoms with E-state index in [0.29, 0.717) is 0 Å². The number of aromatic hydroxyl groups is 3. The maximum absolute atomic E-state index is 12.6. The van der Waals surface area contributed by atoms with E-state index >= 15 is 0 Å². The zero-order valence-electron chi connectivity index (χ0n) is 14.5. The van der Waals surface area contributed by atoms with Crippen molar-refractivity contribution in [2.45, 2.75) is 39.8 Å². The highest BCUT2D eigenvalue weighted by molar-refractivity contribution is 5.84. The molecule has 0 unspecified atom stereocenters. The molecule has 25 heavy (non-hydrogen) atoms. The minimum atomic E-state index is -0.670. The van der Waals surface area contributed by atoms with Gasteiger partial charge < -0.3 is 15.3 Å². The minimum Gasteiger partial charge on any atom is -0.508 e. The summed E-state index contributed by atoms with van der Waals surface area (Å²) in [5.74, 6) is -0.893. The van der Waals surface area contributed by atoms with Crippen LogP contribution in [-0.4, -0.2) is 30.7 Å². The third-order valence-electron chi connectivity index (χ3n) is 3.65. The van der Waals surface area contributed by atoms with Crippen LogP contribution in [0.1, 0.15) is 45.3 Å². The van der Waals surface area contributed by atoms with Gasteiger partial charge in [0.2, 0.25) is 5.88 Å². The summed E-state index contributed by atoms with van der Waals surface area (Å²) in [6.45, 7) is 6.81. The van der Waals surface area contributed by atoms with Gasteiger partial charge in [-0.05, 0) is 39.8 Å². The van der Waals surface area contributed by atoms with Crippen molar-refractivity contribution in [3.8, 4) is 17.4 Å². The van der Waals surface area contributed by atoms with Crippen LogP contribution < -0.4 is 11.2 Å². The summed E-state index contributed by atoms with van der Waals surface area (Å²) in [5, 5.41) is 29.4. The maximum Gasteiger partial charge on any atom is 0.334 e. The van der Waals surface area contributed by atoms with Gasteiger partial charge in [-0.1, -0.05) is 0 Å². The Morgan fingerprint density at radius 1 is 1.00 bits per heavy atom. The SMILES string of the molecule is CC(C)n1c(O)c(C=Nc2ccc(O)cc2O)c(=O)n(C(C)C)c1=O. The van der Waals surface area contributed by atoms with Crippen LogP contribution in [0.3, 0.4) is 0 Å². The molecule has 0 amide bonds. The summed E-state index contributed by atoms with van der Waals surface area (Å²) in [7, 11) is 0. The first-order valence-corrected chi connectivity index (χ1v) is 7.81. The van der Waals surface area contributed by atoms with Gasteiger partial charge in [-0.2, -0.15) is 0 Å². The summed E-state index contributed by atoms with van der Waals surface area (Å²) in [5.41, 5.74) is -1.32. The summed E-state index contributed by atoms with van der Waals surface area (Å²) >= 11 is 0. The quantitative estimate of drug-likeness (QED) is 0.732. The van der Waals surface area contributed by atoms with Gasteiger partial charge in [0.25, 0.3) is 5.56 Å². The smallest absolute Gasteiger partial charge is 0.334 e. The maximum atomic E-state index is 12.6. The van der Waals surface area contributed by atoms with Crippen LogP contribution >= 0.6 is 0 Å². The average molecular weight is 347 g/mol. The third-order valence-corrected chi connectivity index (χ3v) is 3.65. The fourth-order valence-electron chi connectivity index (χ4n) is 2.44. The standard InChI is InChI=1S/C17H21N3O5/c1-9(2)19-15(23)12(16(24)20(10(3)4)17(19)25)8-18-13-6-5-11(21)7-14(13)22/h5-10,21-23H,1-4H3. The Hall–Kier alpha value is -3.03. The second-order valence-electron chi connectivity index (χ2n) is 6.18. The number of hydrogen-bond acceptors (Lipinski definition) is 6. The highest BCUT2D eigenvalue weighted by Crippen LogP contribution is 2.29. The molecule has 0 saturated heterocycles. The molecule has 0 atom stereocenters. The molecule has 2 rings (SSSR count). The number of rotatable bonds is 4. The Bertz CT molecular complexity index is 939. The second kappa shape index (κ2) is 6.84. The summed E-state index contributed by atoms with van der Waals surface area (Å²) in [4.78, 5) is 29.0. The molecular formula is C17H21N3O5. The largest absolute Gasteiger partial charge is 0.508 e. The molecule has 3 N–H and O–H groups in total. The molecule has 0 saturated carbocycles. The predicted octanol–water partition coefficient (Wildman–Crippen LogP) is 2.04. The van der Waals surface area contributed by atoms with Gasteiger partial charge in [0.1, 0.15) is 22.7 Å². The summed E-state index contributed by atoms with van der Waals surface area (Å²) in [6.07, 6.45) is 1.10. The van der Waals surface area contributed by atoms with Gasteiger partial charge in [-0.15, -0.1) is 0 Å². The van der Waals surface area contributed by atoms with Gasteiger partial charge in [-0.3, -0.25) is 18.9 Å². The predicted molar refractivity (Wildman–Crippen MR) is 94.4 cm³/mol. The van der Waals surface area contributed by atoms with Gasteiger partial charge in [0.15, 0.2) is 0 Å². The van der Waals surface area contributed by atoms with Crippen LogP contribution in [0.25, 0.3) is 0 Å². The monoisotopic (exact) mass is 347 g/mol. The second-order valence-corrected chi connectivity index (χ2v) is 6.18. The molecule has 2 aromatic rings. The zero-order chi connectivity index (χ0) is 18.9. The van der Waals surface area contributed by atoms with E-state index in [1.807, 2.05) is 0 Å². The fraction of sp³-hybridized carbons (Fsp3) is 0.353. The van der Waals surface area contributed by atoms with Crippen LogP contribution in [-0.2, 0) is 0 Å². The molecule has 0 aliphatic carbocycles. The Morgan fingerprint density at radius 2 is 1.60 bits per heavy atom. The molecule has 1 aromatic heterocycles. The van der Waals surface area contributed by atoms with E-state index in [-0.39, 0.29) is 28.8 Å². The Morgan fingerprint density at radius 3 is 2.12 bits per heavy atom. The molecule has 0 spiro atoms. The number of benzene rings is 1. The molecule has 8 nitrogen and oxygen atoms in total. The third kappa shape index (κ3) is 3.42. The van der Waals surface area contributed by atoms with E-state index in [2.05, 4.69) is 4.99 Å². The molecule has 8 heteroatoms. The highest BCUT2D eigenvalue weighted by Gasteiger charge is 2.20. The van der Waals surface area contributed by atoms with Crippen molar-refractivity contribution in [3.05, 3.63) is 44.6 Å². The Labute approximate surface area is 144 Å². The first-order valence-electron chi connectivity index (χ1n) is 7.81. The molecule has 1 heterocycles. The van der Waals surface area contributed by atoms with E-state index < -0.39 is 23.2 Å². The molecular weight excluding hydrogens is 326 g/mol. The van der Waals surface area contributed by atoms with Crippen LogP contribution in [0.5, 0.6) is 17.4 Å². The minimum absolute atomic E-state index is 0.106. The molecule has 1 aromatic carbocycles. The molecule has 0 aliphatic heterocycles. The van der Waals surface area contributed by atoms with E-state index in [1.54, 1.807) is 27.7 Å². The lowest BCUT2D eigenvalue weighted by Crippen LogP contribution is -2.43. The molecule has 0 radical (unpaired) electrons. The van der Waals surface area contributed by atoms with E-state index in [1.165, 1.54) is 12.1 Å². The Balaban J connectivity index is 2.70. The lowest BCUT2D eigenvalue weighted by atomic mass is 10.2. The van der Waals surface area contributed by atoms with Gasteiger partial charge in [-0.25, -0.2) is 4.79 Å². The number of aliphatic imine (C=N–C) groups is 1. The van der Waals surface area contributed by atoms with Crippen LogP contribution in [0.15, 0.2) is 32.8 Å². The van der Waals surface area contributed by atoms with Crippen molar-refractivity contribution in [1.29, 1.82) is 0 Å². The number of phenolic OH excluding ortho intramolecular Hbond substituents is 2. The first kappa shape index (κ1) is 18.3. The van der Waals surface area contributed by atoms with Crippen molar-refractivity contribution >= 4 is 11.9 Å². The lowest BCUT2D eigenvalue weighted by Gasteiger charge is -2.18. The summed E-state index contributed by atoms with van der Waals surface area (Å²) in [6, 6.07) is 3.02. The number of hydrogen-bond donors (Lipinski definition) is 3. The highest BCUT2D eigenvalue weighted by atomic mass is 16.3. The molecule has 134 valence electrons. The lowest BCUT2D eigenvalue weighted by molar-refractivity contribution is 0.362. The van der Waals surface area contributed by atoms with Crippen molar-refractivity contribution in [3.63, 3.8) is 0 Å². The first-order chi connectivity index (χ1) is 11.6. The number of aromatic nitrogens is 2. The Kier molecular flexibility index (Phi) is 5.01. The van der Waals surface area contributed by atoms with Crippen LogP contribution in [0, 0.1) is 0 Å². The molecule has 0 bridgehead atoms. The van der Waals surface area contributed by atoms with Crippen molar-refractivity contribution < 1.29 is 15.3 Å². The molecule has 0 fully saturated rings. The normalized spacial score (nSPS) is 11.8. The van der Waals surface area contributed by atoms with E-state index in [4.69, 9.17) is 0 Å². The van der Waals surface area contributed by atoms with Gasteiger partial charge >= 0.3 is 5.69 Å². The fourth-order valence-corrected chi connectivity index (χ4v) is 2.44.